The van der Waals surface area contributed by atoms with E-state index in [1.54, 1.807) is 11.7 Å². The summed E-state index contributed by atoms with van der Waals surface area (Å²) in [6.07, 6.45) is 2.09. The van der Waals surface area contributed by atoms with Crippen LogP contribution >= 0.6 is 0 Å². The fourth-order valence-corrected chi connectivity index (χ4v) is 3.91. The summed E-state index contributed by atoms with van der Waals surface area (Å²) in [5.41, 5.74) is 4.88. The number of aryl methyl sites for hydroxylation is 2. The summed E-state index contributed by atoms with van der Waals surface area (Å²) in [5, 5.41) is 0. The van der Waals surface area contributed by atoms with Crippen LogP contribution < -0.4 is 10.3 Å². The Morgan fingerprint density at radius 2 is 1.58 bits per heavy atom. The molecule has 0 saturated carbocycles. The number of para-hydroxylation sites is 1. The molecular weight excluding hydrogens is 384 g/mol. The number of hydrogen-bond donors (Lipinski definition) is 0. The molecule has 1 aromatic heterocycles. The van der Waals surface area contributed by atoms with Crippen molar-refractivity contribution in [3.05, 3.63) is 100 Å². The minimum absolute atomic E-state index is 0.0946. The normalized spacial score (nSPS) is 10.8. The third-order valence-electron chi connectivity index (χ3n) is 5.41. The fourth-order valence-electron chi connectivity index (χ4n) is 3.91. The zero-order chi connectivity index (χ0) is 21.8. The first-order chi connectivity index (χ1) is 15.1. The molecule has 1 heterocycles. The van der Waals surface area contributed by atoms with E-state index in [1.165, 1.54) is 5.56 Å². The third-order valence-corrected chi connectivity index (χ3v) is 5.41. The number of hydrogen-bond acceptors (Lipinski definition) is 3. The fraction of sp³-hybridized carbons (Fsp3) is 0.185. The van der Waals surface area contributed by atoms with Gasteiger partial charge in [-0.25, -0.2) is 4.98 Å². The maximum Gasteiger partial charge on any atom is 0.266 e. The molecule has 0 fully saturated rings. The SMILES string of the molecule is CCCc1ccc(-n2c(-c3ccccc3OC)nc(C)c(-c3ccccc3)c2=O)cc1. The zero-order valence-electron chi connectivity index (χ0n) is 18.1. The highest BCUT2D eigenvalue weighted by Crippen LogP contribution is 2.31. The van der Waals surface area contributed by atoms with E-state index >= 15 is 0 Å². The van der Waals surface area contributed by atoms with E-state index in [0.29, 0.717) is 22.8 Å². The highest BCUT2D eigenvalue weighted by atomic mass is 16.5. The van der Waals surface area contributed by atoms with Gasteiger partial charge in [-0.05, 0) is 48.7 Å². The second kappa shape index (κ2) is 9.00. The van der Waals surface area contributed by atoms with Gasteiger partial charge in [-0.3, -0.25) is 9.36 Å². The molecule has 0 saturated heterocycles. The second-order valence-corrected chi connectivity index (χ2v) is 7.52. The van der Waals surface area contributed by atoms with Crippen molar-refractivity contribution in [2.75, 3.05) is 7.11 Å². The van der Waals surface area contributed by atoms with Crippen LogP contribution in [0.5, 0.6) is 5.75 Å². The van der Waals surface area contributed by atoms with E-state index in [-0.39, 0.29) is 5.56 Å². The van der Waals surface area contributed by atoms with Crippen molar-refractivity contribution in [2.45, 2.75) is 26.7 Å². The molecule has 4 nitrogen and oxygen atoms in total. The van der Waals surface area contributed by atoms with E-state index in [2.05, 4.69) is 19.1 Å². The van der Waals surface area contributed by atoms with Crippen LogP contribution in [0.3, 0.4) is 0 Å². The van der Waals surface area contributed by atoms with Crippen molar-refractivity contribution < 1.29 is 4.74 Å². The Balaban J connectivity index is 2.02. The number of methoxy groups -OCH3 is 1. The molecule has 3 aromatic carbocycles. The maximum atomic E-state index is 13.9. The molecule has 156 valence electrons. The molecule has 4 aromatic rings. The Bertz CT molecular complexity index is 1240. The number of benzene rings is 3. The highest BCUT2D eigenvalue weighted by Gasteiger charge is 2.20. The maximum absolute atomic E-state index is 13.9. The standard InChI is InChI=1S/C27H26N2O2/c1-4-10-20-15-17-22(18-16-20)29-26(23-13-8-9-14-24(23)31-3)28-19(2)25(27(29)30)21-11-6-5-7-12-21/h5-9,11-18H,4,10H2,1-3H3. The van der Waals surface area contributed by atoms with Crippen LogP contribution in [0, 0.1) is 6.92 Å². The molecular formula is C27H26N2O2. The summed E-state index contributed by atoms with van der Waals surface area (Å²) >= 11 is 0. The number of aromatic nitrogens is 2. The van der Waals surface area contributed by atoms with Crippen LogP contribution in [0.1, 0.15) is 24.6 Å². The quantitative estimate of drug-likeness (QED) is 0.401. The lowest BCUT2D eigenvalue weighted by molar-refractivity contribution is 0.416. The number of ether oxygens (including phenoxy) is 1. The Labute approximate surface area is 182 Å². The van der Waals surface area contributed by atoms with Crippen molar-refractivity contribution in [2.24, 2.45) is 0 Å². The van der Waals surface area contributed by atoms with Crippen LogP contribution in [-0.4, -0.2) is 16.7 Å². The molecule has 0 spiro atoms. The number of rotatable bonds is 6. The molecule has 0 atom stereocenters. The topological polar surface area (TPSA) is 44.1 Å². The summed E-state index contributed by atoms with van der Waals surface area (Å²) in [5.74, 6) is 1.25. The predicted octanol–water partition coefficient (Wildman–Crippen LogP) is 5.84. The van der Waals surface area contributed by atoms with Crippen LogP contribution in [0.15, 0.2) is 83.7 Å². The smallest absolute Gasteiger partial charge is 0.266 e. The number of nitrogens with zero attached hydrogens (tertiary/aromatic N) is 2. The first-order valence-corrected chi connectivity index (χ1v) is 10.6. The van der Waals surface area contributed by atoms with E-state index < -0.39 is 0 Å². The van der Waals surface area contributed by atoms with Gasteiger partial charge < -0.3 is 4.74 Å². The lowest BCUT2D eigenvalue weighted by Crippen LogP contribution is -2.25. The van der Waals surface area contributed by atoms with Crippen molar-refractivity contribution in [3.8, 4) is 34.0 Å². The lowest BCUT2D eigenvalue weighted by atomic mass is 10.0. The van der Waals surface area contributed by atoms with Gasteiger partial charge in [-0.15, -0.1) is 0 Å². The van der Waals surface area contributed by atoms with E-state index in [0.717, 1.165) is 29.7 Å². The van der Waals surface area contributed by atoms with Crippen molar-refractivity contribution >= 4 is 0 Å². The molecule has 0 radical (unpaired) electrons. The summed E-state index contributed by atoms with van der Waals surface area (Å²) in [6, 6.07) is 25.5. The largest absolute Gasteiger partial charge is 0.496 e. The van der Waals surface area contributed by atoms with Gasteiger partial charge in [0.15, 0.2) is 5.82 Å². The molecule has 0 bridgehead atoms. The molecule has 0 aliphatic rings. The monoisotopic (exact) mass is 410 g/mol. The van der Waals surface area contributed by atoms with E-state index in [9.17, 15) is 4.79 Å². The van der Waals surface area contributed by atoms with Crippen LogP contribution in [0.2, 0.25) is 0 Å². The Hall–Kier alpha value is -3.66. The average molecular weight is 411 g/mol. The van der Waals surface area contributed by atoms with Crippen LogP contribution in [0.4, 0.5) is 0 Å². The summed E-state index contributed by atoms with van der Waals surface area (Å²) in [6.45, 7) is 4.05. The van der Waals surface area contributed by atoms with Crippen LogP contribution in [0.25, 0.3) is 28.2 Å². The molecule has 0 amide bonds. The Morgan fingerprint density at radius 3 is 2.26 bits per heavy atom. The van der Waals surface area contributed by atoms with Gasteiger partial charge in [-0.2, -0.15) is 0 Å². The third kappa shape index (κ3) is 4.02. The molecule has 0 aliphatic heterocycles. The molecule has 0 unspecified atom stereocenters. The van der Waals surface area contributed by atoms with Gasteiger partial charge in [-0.1, -0.05) is 67.9 Å². The Kier molecular flexibility index (Phi) is 5.99. The van der Waals surface area contributed by atoms with Gasteiger partial charge >= 0.3 is 0 Å². The Morgan fingerprint density at radius 1 is 0.903 bits per heavy atom. The summed E-state index contributed by atoms with van der Waals surface area (Å²) in [4.78, 5) is 18.8. The van der Waals surface area contributed by atoms with Gasteiger partial charge in [0, 0.05) is 0 Å². The summed E-state index contributed by atoms with van der Waals surface area (Å²) < 4.78 is 7.28. The van der Waals surface area contributed by atoms with Crippen LogP contribution in [-0.2, 0) is 6.42 Å². The van der Waals surface area contributed by atoms with Gasteiger partial charge in [0.1, 0.15) is 5.75 Å². The first kappa shape index (κ1) is 20.6. The molecule has 31 heavy (non-hydrogen) atoms. The first-order valence-electron chi connectivity index (χ1n) is 10.6. The van der Waals surface area contributed by atoms with Crippen molar-refractivity contribution in [1.29, 1.82) is 0 Å². The predicted molar refractivity (Wildman–Crippen MR) is 126 cm³/mol. The molecule has 4 heteroatoms. The second-order valence-electron chi connectivity index (χ2n) is 7.52. The molecule has 4 rings (SSSR count). The summed E-state index contributed by atoms with van der Waals surface area (Å²) in [7, 11) is 1.63. The zero-order valence-corrected chi connectivity index (χ0v) is 18.1. The van der Waals surface area contributed by atoms with Crippen molar-refractivity contribution in [3.63, 3.8) is 0 Å². The molecule has 0 aliphatic carbocycles. The highest BCUT2D eigenvalue weighted by molar-refractivity contribution is 5.71. The lowest BCUT2D eigenvalue weighted by Gasteiger charge is -2.18. The van der Waals surface area contributed by atoms with Gasteiger partial charge in [0.25, 0.3) is 5.56 Å². The minimum atomic E-state index is -0.0946. The molecule has 0 N–H and O–H groups in total. The van der Waals surface area contributed by atoms with E-state index in [4.69, 9.17) is 9.72 Å². The van der Waals surface area contributed by atoms with Gasteiger partial charge in [0.05, 0.1) is 29.6 Å². The van der Waals surface area contributed by atoms with E-state index in [1.807, 2.05) is 73.7 Å². The minimum Gasteiger partial charge on any atom is -0.496 e. The van der Waals surface area contributed by atoms with Crippen molar-refractivity contribution in [1.82, 2.24) is 9.55 Å². The van der Waals surface area contributed by atoms with Gasteiger partial charge in [0.2, 0.25) is 0 Å². The average Bonchev–Trinajstić information content (AvgIpc) is 2.80.